The lowest BCUT2D eigenvalue weighted by Gasteiger charge is -2.46. The number of alkyl halides is 29. The summed E-state index contributed by atoms with van der Waals surface area (Å²) < 4.78 is 401. The van der Waals surface area contributed by atoms with Crippen LogP contribution in [0.25, 0.3) is 0 Å². The van der Waals surface area contributed by atoms with Gasteiger partial charge in [-0.1, -0.05) is 0 Å². The monoisotopic (exact) mass is 921 g/mol. The van der Waals surface area contributed by atoms with Gasteiger partial charge in [-0.05, 0) is 0 Å². The van der Waals surface area contributed by atoms with Gasteiger partial charge in [-0.3, -0.25) is 4.79 Å². The minimum Gasteiger partial charge on any atom is -0.544 e. The standard InChI is InChI=1S/C23H16F29NO4/c1-7(54)57-8(5-53(2,3)6-9(55)56)4-10(24,25)11(26,27)12(28,29)13(30,31)14(32,33)15(34,35)16(36,37)17(38,39)18(40,41)19(42,43)20(44,45)21(46,47)22(48,49)23(50,51)52/h8H,4-6H2,1-3H3. The van der Waals surface area contributed by atoms with Gasteiger partial charge < -0.3 is 19.1 Å². The highest BCUT2D eigenvalue weighted by atomic mass is 19.4. The average molecular weight is 921 g/mol. The van der Waals surface area contributed by atoms with Gasteiger partial charge in [0, 0.05) is 6.92 Å². The van der Waals surface area contributed by atoms with Crippen LogP contribution in [-0.4, -0.2) is 133 Å². The zero-order valence-corrected chi connectivity index (χ0v) is 26.7. The van der Waals surface area contributed by atoms with Crippen LogP contribution in [0.15, 0.2) is 0 Å². The molecular weight excluding hydrogens is 905 g/mol. The van der Waals surface area contributed by atoms with E-state index in [1.165, 1.54) is 0 Å². The smallest absolute Gasteiger partial charge is 0.460 e. The molecule has 1 atom stereocenters. The topological polar surface area (TPSA) is 66.4 Å². The lowest BCUT2D eigenvalue weighted by Crippen LogP contribution is -2.79. The molecule has 0 N–H and O–H groups in total. The Bertz CT molecular complexity index is 1480. The molecule has 5 nitrogen and oxygen atoms in total. The highest BCUT2D eigenvalue weighted by Crippen LogP contribution is 2.69. The van der Waals surface area contributed by atoms with Crippen molar-refractivity contribution in [3.05, 3.63) is 0 Å². The first-order valence-corrected chi connectivity index (χ1v) is 13.3. The number of rotatable bonds is 19. The summed E-state index contributed by atoms with van der Waals surface area (Å²) in [6.45, 7) is -2.87. The number of halogens is 29. The second kappa shape index (κ2) is 14.3. The molecule has 57 heavy (non-hydrogen) atoms. The van der Waals surface area contributed by atoms with E-state index in [0.717, 1.165) is 0 Å². The number of carboxylic acid groups (broad SMARTS) is 1. The number of likely N-dealkylation sites (N-methyl/N-ethyl adjacent to an activating group) is 1. The van der Waals surface area contributed by atoms with Crippen LogP contribution in [0.1, 0.15) is 13.3 Å². The molecular formula is C23H16F29NO4. The molecule has 0 radical (unpaired) electrons. The van der Waals surface area contributed by atoms with Crippen molar-refractivity contribution in [3.8, 4) is 0 Å². The van der Waals surface area contributed by atoms with E-state index in [0.29, 0.717) is 14.1 Å². The minimum absolute atomic E-state index is 0.174. The number of aliphatic carboxylic acids is 1. The largest absolute Gasteiger partial charge is 0.544 e. The Balaban J connectivity index is 7.53. The van der Waals surface area contributed by atoms with E-state index in [-0.39, 0.29) is 6.92 Å². The number of esters is 1. The van der Waals surface area contributed by atoms with E-state index in [9.17, 15) is 142 Å². The van der Waals surface area contributed by atoms with Crippen LogP contribution in [0, 0.1) is 0 Å². The Morgan fingerprint density at radius 3 is 0.895 bits per heavy atom. The van der Waals surface area contributed by atoms with E-state index in [2.05, 4.69) is 4.74 Å². The molecule has 0 aliphatic rings. The van der Waals surface area contributed by atoms with Crippen LogP contribution >= 0.6 is 0 Å². The molecule has 0 aliphatic heterocycles. The Labute approximate surface area is 294 Å². The molecule has 0 spiro atoms. The van der Waals surface area contributed by atoms with Crippen molar-refractivity contribution in [2.75, 3.05) is 27.2 Å². The van der Waals surface area contributed by atoms with E-state index in [1.54, 1.807) is 0 Å². The van der Waals surface area contributed by atoms with Gasteiger partial charge in [-0.2, -0.15) is 127 Å². The summed E-state index contributed by atoms with van der Waals surface area (Å²) in [6, 6.07) is 0. The molecule has 0 amide bonds. The summed E-state index contributed by atoms with van der Waals surface area (Å²) in [5.74, 6) is -126. The number of carboxylic acids is 1. The van der Waals surface area contributed by atoms with Gasteiger partial charge in [-0.25, -0.2) is 0 Å². The van der Waals surface area contributed by atoms with Gasteiger partial charge in [0.2, 0.25) is 0 Å². The van der Waals surface area contributed by atoms with Crippen molar-refractivity contribution in [1.82, 2.24) is 0 Å². The Morgan fingerprint density at radius 2 is 0.684 bits per heavy atom. The maximum Gasteiger partial charge on any atom is 0.460 e. The van der Waals surface area contributed by atoms with Crippen LogP contribution in [0.5, 0.6) is 0 Å². The second-order valence-electron chi connectivity index (χ2n) is 12.2. The summed E-state index contributed by atoms with van der Waals surface area (Å²) >= 11 is 0. The molecule has 0 heterocycles. The van der Waals surface area contributed by atoms with Gasteiger partial charge in [0.05, 0.1) is 26.5 Å². The summed E-state index contributed by atoms with van der Waals surface area (Å²) in [4.78, 5) is 21.9. The van der Waals surface area contributed by atoms with Gasteiger partial charge >= 0.3 is 89.1 Å². The molecule has 0 aromatic rings. The van der Waals surface area contributed by atoms with Crippen molar-refractivity contribution in [3.63, 3.8) is 0 Å². The van der Waals surface area contributed by atoms with Crippen molar-refractivity contribution < 1.29 is 151 Å². The number of carbonyl (C=O) groups excluding carboxylic acids is 2. The average Bonchev–Trinajstić information content (AvgIpc) is 2.93. The lowest BCUT2D eigenvalue weighted by atomic mass is 9.83. The number of hydrogen-bond donors (Lipinski definition) is 0. The zero-order valence-electron chi connectivity index (χ0n) is 26.7. The first-order valence-electron chi connectivity index (χ1n) is 13.3. The molecule has 0 aliphatic carbocycles. The maximum atomic E-state index is 14.5. The fourth-order valence-corrected chi connectivity index (χ4v) is 4.14. The van der Waals surface area contributed by atoms with Crippen molar-refractivity contribution >= 4 is 11.9 Å². The summed E-state index contributed by atoms with van der Waals surface area (Å²) in [7, 11) is 1.18. The molecule has 0 fully saturated rings. The SMILES string of the molecule is CC(=O)OC(CC(F)(F)C(F)(F)C(F)(F)C(F)(F)C(F)(F)C(F)(F)C(F)(F)C(F)(F)C(F)(F)C(F)(F)C(F)(F)C(F)(F)C(F)(F)C(F)(F)F)C[N+](C)(C)CC(=O)[O-]. The van der Waals surface area contributed by atoms with Gasteiger partial charge in [0.25, 0.3) is 0 Å². The predicted octanol–water partition coefficient (Wildman–Crippen LogP) is 7.96. The predicted molar refractivity (Wildman–Crippen MR) is 117 cm³/mol. The number of quaternary nitrogens is 1. The highest BCUT2D eigenvalue weighted by molar-refractivity contribution is 5.66. The van der Waals surface area contributed by atoms with Crippen molar-refractivity contribution in [1.29, 1.82) is 0 Å². The quantitative estimate of drug-likeness (QED) is 0.0751. The third-order valence-electron chi connectivity index (χ3n) is 7.22. The molecule has 0 aromatic heterocycles. The molecule has 340 valence electrons. The van der Waals surface area contributed by atoms with E-state index < -0.39 is 125 Å². The van der Waals surface area contributed by atoms with Crippen molar-refractivity contribution in [2.24, 2.45) is 0 Å². The maximum absolute atomic E-state index is 14.5. The number of nitrogens with zero attached hydrogens (tertiary/aromatic N) is 1. The Kier molecular flexibility index (Phi) is 13.5. The fourth-order valence-electron chi connectivity index (χ4n) is 4.14. The van der Waals surface area contributed by atoms with Gasteiger partial charge in [-0.15, -0.1) is 0 Å². The van der Waals surface area contributed by atoms with Crippen LogP contribution in [0.4, 0.5) is 127 Å². The van der Waals surface area contributed by atoms with Crippen molar-refractivity contribution in [2.45, 2.75) is 103 Å². The molecule has 34 heteroatoms. The van der Waals surface area contributed by atoms with Crippen LogP contribution in [-0.2, 0) is 14.3 Å². The highest BCUT2D eigenvalue weighted by Gasteiger charge is 3.00. The second-order valence-corrected chi connectivity index (χ2v) is 12.2. The first-order chi connectivity index (χ1) is 24.2. The molecule has 1 unspecified atom stereocenters. The Morgan fingerprint density at radius 1 is 0.456 bits per heavy atom. The summed E-state index contributed by atoms with van der Waals surface area (Å²) in [5.41, 5.74) is 0. The molecule has 0 rings (SSSR count). The summed E-state index contributed by atoms with van der Waals surface area (Å²) in [5, 5.41) is 10.7. The van der Waals surface area contributed by atoms with Gasteiger partial charge in [0.15, 0.2) is 6.10 Å². The lowest BCUT2D eigenvalue weighted by molar-refractivity contribution is -0.887. The number of hydrogen-bond acceptors (Lipinski definition) is 4. The molecule has 0 saturated heterocycles. The normalized spacial score (nSPS) is 16.8. The van der Waals surface area contributed by atoms with Crippen LogP contribution in [0.2, 0.25) is 0 Å². The zero-order chi connectivity index (χ0) is 47.1. The molecule has 0 saturated carbocycles. The van der Waals surface area contributed by atoms with Gasteiger partial charge in [0.1, 0.15) is 13.1 Å². The third-order valence-corrected chi connectivity index (χ3v) is 7.22. The minimum atomic E-state index is -10.0. The van der Waals surface area contributed by atoms with E-state index in [4.69, 9.17) is 0 Å². The van der Waals surface area contributed by atoms with Crippen LogP contribution < -0.4 is 5.11 Å². The van der Waals surface area contributed by atoms with E-state index >= 15 is 0 Å². The molecule has 0 aromatic carbocycles. The number of carbonyl (C=O) groups is 2. The Hall–Kier alpha value is -3.13. The summed E-state index contributed by atoms with van der Waals surface area (Å²) in [6.07, 6.45) is -14.9. The third kappa shape index (κ3) is 7.75. The number of ether oxygens (including phenoxy) is 1. The first kappa shape index (κ1) is 53.9. The van der Waals surface area contributed by atoms with Crippen LogP contribution in [0.3, 0.4) is 0 Å². The fraction of sp³-hybridized carbons (Fsp3) is 0.913. The van der Waals surface area contributed by atoms with E-state index in [1.807, 2.05) is 0 Å². The molecule has 0 bridgehead atoms.